The molecule has 3 aromatic heterocycles. The summed E-state index contributed by atoms with van der Waals surface area (Å²) in [6.45, 7) is 5.26. The first-order chi connectivity index (χ1) is 22.6. The van der Waals surface area contributed by atoms with Gasteiger partial charge in [-0.1, -0.05) is 0 Å². The van der Waals surface area contributed by atoms with Gasteiger partial charge in [-0.15, -0.1) is 11.3 Å². The van der Waals surface area contributed by atoms with Crippen LogP contribution in [0, 0.1) is 6.92 Å². The molecule has 3 heterocycles. The molecule has 0 unspecified atom stereocenters. The van der Waals surface area contributed by atoms with Crippen molar-refractivity contribution in [3.05, 3.63) is 64.3 Å². The monoisotopic (exact) mass is 660 g/mol. The second-order valence-electron chi connectivity index (χ2n) is 11.0. The number of benzene rings is 2. The second kappa shape index (κ2) is 14.5. The smallest absolute Gasteiger partial charge is 0.303 e. The summed E-state index contributed by atoms with van der Waals surface area (Å²) in [5, 5.41) is 17.0. The van der Waals surface area contributed by atoms with E-state index in [0.29, 0.717) is 58.8 Å². The molecule has 0 aliphatic rings. The average molecular weight is 661 g/mol. The number of imidazole rings is 1. The van der Waals surface area contributed by atoms with Crippen LogP contribution in [0.1, 0.15) is 75.2 Å². The van der Waals surface area contributed by atoms with Crippen LogP contribution in [0.3, 0.4) is 0 Å². The molecule has 14 heteroatoms. The number of aryl methyl sites for hydroxylation is 3. The van der Waals surface area contributed by atoms with E-state index in [4.69, 9.17) is 20.3 Å². The Morgan fingerprint density at radius 1 is 1.02 bits per heavy atom. The zero-order valence-electron chi connectivity index (χ0n) is 26.4. The van der Waals surface area contributed by atoms with E-state index in [-0.39, 0.29) is 24.5 Å². The largest absolute Gasteiger partial charge is 0.493 e. The van der Waals surface area contributed by atoms with Gasteiger partial charge in [0.25, 0.3) is 5.91 Å². The van der Waals surface area contributed by atoms with Crippen molar-refractivity contribution in [2.75, 3.05) is 19.0 Å². The lowest BCUT2D eigenvalue weighted by Crippen LogP contribution is -2.20. The summed E-state index contributed by atoms with van der Waals surface area (Å²) < 4.78 is 16.0. The Morgan fingerprint density at radius 3 is 2.55 bits per heavy atom. The lowest BCUT2D eigenvalue weighted by molar-refractivity contribution is -0.136. The Bertz CT molecular complexity index is 1970. The summed E-state index contributed by atoms with van der Waals surface area (Å²) in [6.07, 6.45) is 2.03. The Labute approximate surface area is 274 Å². The maximum Gasteiger partial charge on any atom is 0.303 e. The normalized spacial score (nSPS) is 11.2. The van der Waals surface area contributed by atoms with Crippen molar-refractivity contribution >= 4 is 62.0 Å². The third-order valence-corrected chi connectivity index (χ3v) is 8.76. The van der Waals surface area contributed by atoms with E-state index < -0.39 is 11.9 Å². The summed E-state index contributed by atoms with van der Waals surface area (Å²) in [5.74, 6) is -0.649. The summed E-state index contributed by atoms with van der Waals surface area (Å²) >= 11 is 1.30. The van der Waals surface area contributed by atoms with Gasteiger partial charge in [-0.2, -0.15) is 5.10 Å². The predicted octanol–water partition coefficient (Wildman–Crippen LogP) is 5.43. The van der Waals surface area contributed by atoms with Crippen molar-refractivity contribution in [1.29, 1.82) is 0 Å². The summed E-state index contributed by atoms with van der Waals surface area (Å²) in [7, 11) is 1.55. The number of fused-ring (bicyclic) bond motifs is 2. The van der Waals surface area contributed by atoms with Crippen LogP contribution in [0.2, 0.25) is 0 Å². The number of hydrogen-bond acceptors (Lipinski definition) is 9. The van der Waals surface area contributed by atoms with Crippen LogP contribution in [-0.2, 0) is 17.9 Å². The highest BCUT2D eigenvalue weighted by molar-refractivity contribution is 7.20. The van der Waals surface area contributed by atoms with E-state index in [2.05, 4.69) is 15.4 Å². The highest BCUT2D eigenvalue weighted by atomic mass is 32.1. The number of thiophene rings is 1. The fourth-order valence-electron chi connectivity index (χ4n) is 5.27. The van der Waals surface area contributed by atoms with Crippen LogP contribution in [0.4, 0.5) is 5.95 Å². The van der Waals surface area contributed by atoms with E-state index in [1.54, 1.807) is 42.1 Å². The highest BCUT2D eigenvalue weighted by Crippen LogP contribution is 2.37. The molecule has 0 radical (unpaired) electrons. The van der Waals surface area contributed by atoms with Crippen LogP contribution < -0.4 is 20.5 Å². The minimum Gasteiger partial charge on any atom is -0.493 e. The van der Waals surface area contributed by atoms with Crippen LogP contribution in [0.25, 0.3) is 21.1 Å². The van der Waals surface area contributed by atoms with Crippen molar-refractivity contribution < 1.29 is 33.8 Å². The van der Waals surface area contributed by atoms with Gasteiger partial charge in [0.1, 0.15) is 5.69 Å². The number of aliphatic carboxylic acids is 1. The van der Waals surface area contributed by atoms with Gasteiger partial charge in [0.2, 0.25) is 11.9 Å². The van der Waals surface area contributed by atoms with Crippen LogP contribution in [0.15, 0.2) is 42.5 Å². The van der Waals surface area contributed by atoms with Gasteiger partial charge < -0.3 is 24.9 Å². The second-order valence-corrected chi connectivity index (χ2v) is 12.1. The average Bonchev–Trinajstić information content (AvgIpc) is 3.74. The molecule has 0 atom stereocenters. The zero-order valence-corrected chi connectivity index (χ0v) is 27.2. The molecular formula is C33H36N6O7S. The minimum atomic E-state index is -1.01. The number of unbranched alkanes of at least 4 members (excludes halogenated alkanes) is 2. The minimum absolute atomic E-state index is 0.0516. The number of carboxylic acids is 1. The quantitative estimate of drug-likeness (QED) is 0.0918. The van der Waals surface area contributed by atoms with Crippen molar-refractivity contribution in [2.45, 2.75) is 59.0 Å². The van der Waals surface area contributed by atoms with E-state index in [1.165, 1.54) is 11.3 Å². The number of rotatable bonds is 16. The van der Waals surface area contributed by atoms with Crippen molar-refractivity contribution in [3.63, 3.8) is 0 Å². The number of primary amides is 1. The number of nitrogens with one attached hydrogen (secondary N) is 1. The van der Waals surface area contributed by atoms with Gasteiger partial charge >= 0.3 is 5.97 Å². The summed E-state index contributed by atoms with van der Waals surface area (Å²) in [5.41, 5.74) is 8.28. The lowest BCUT2D eigenvalue weighted by Gasteiger charge is -2.12. The SMILES string of the molecule is CCn1nc(C)cc1C(=O)Nc1nc2cc(C(N)=O)ccc2n1CCCCCOc1cc2cc(C(=O)CCC(=O)O)sc2cc1OC. The Balaban J connectivity index is 1.23. The molecule has 2 aromatic carbocycles. The topological polar surface area (TPSA) is 181 Å². The molecule has 0 aliphatic carbocycles. The number of aromatic nitrogens is 4. The predicted molar refractivity (Wildman–Crippen MR) is 178 cm³/mol. The van der Waals surface area contributed by atoms with E-state index in [9.17, 15) is 19.2 Å². The fraction of sp³-hybridized carbons (Fsp3) is 0.333. The molecule has 0 aliphatic heterocycles. The molecule has 13 nitrogen and oxygen atoms in total. The van der Waals surface area contributed by atoms with Crippen molar-refractivity contribution in [3.8, 4) is 11.5 Å². The van der Waals surface area contributed by atoms with Crippen LogP contribution in [0.5, 0.6) is 11.5 Å². The molecule has 5 aromatic rings. The number of carbonyl (C=O) groups is 4. The van der Waals surface area contributed by atoms with Gasteiger partial charge in [0.15, 0.2) is 17.3 Å². The van der Waals surface area contributed by atoms with E-state index in [0.717, 1.165) is 40.6 Å². The number of carbonyl (C=O) groups excluding carboxylic acids is 3. The number of anilines is 1. The molecule has 5 rings (SSSR count). The molecule has 4 N–H and O–H groups in total. The van der Waals surface area contributed by atoms with Crippen LogP contribution in [-0.4, -0.2) is 61.7 Å². The maximum atomic E-state index is 13.2. The molecule has 47 heavy (non-hydrogen) atoms. The Morgan fingerprint density at radius 2 is 1.83 bits per heavy atom. The lowest BCUT2D eigenvalue weighted by atomic mass is 10.1. The Hall–Kier alpha value is -5.24. The Kier molecular flexibility index (Phi) is 10.2. The van der Waals surface area contributed by atoms with Crippen molar-refractivity contribution in [2.24, 2.45) is 5.73 Å². The number of hydrogen-bond donors (Lipinski definition) is 3. The molecule has 2 amide bonds. The number of nitrogens with zero attached hydrogens (tertiary/aromatic N) is 4. The number of carboxylic acid groups (broad SMARTS) is 1. The first kappa shape index (κ1) is 33.1. The van der Waals surface area contributed by atoms with Gasteiger partial charge in [-0.05, 0) is 74.9 Å². The summed E-state index contributed by atoms with van der Waals surface area (Å²) in [6, 6.07) is 12.2. The van der Waals surface area contributed by atoms with Crippen LogP contribution >= 0.6 is 11.3 Å². The first-order valence-corrected chi connectivity index (χ1v) is 16.0. The molecule has 0 saturated carbocycles. The number of methoxy groups -OCH3 is 1. The van der Waals surface area contributed by atoms with Gasteiger partial charge in [0, 0.05) is 35.8 Å². The number of amides is 2. The molecule has 0 spiro atoms. The number of nitrogens with two attached hydrogens (primary N) is 1. The molecule has 0 fully saturated rings. The number of ketones is 1. The van der Waals surface area contributed by atoms with Gasteiger partial charge in [0.05, 0.1) is 41.7 Å². The van der Waals surface area contributed by atoms with E-state index >= 15 is 0 Å². The zero-order chi connectivity index (χ0) is 33.7. The molecular weight excluding hydrogens is 624 g/mol. The standard InChI is InChI=1S/C33H36N6O7S/c1-4-39-24(14-19(2)37-39)32(44)36-33-35-22-15-20(31(34)43)8-9-23(22)38(33)12-6-5-7-13-46-27-16-21-17-29(25(40)10-11-30(41)42)47-28(21)18-26(27)45-3/h8-9,14-18H,4-7,10-13H2,1-3H3,(H2,34,43)(H,41,42)(H,35,36,44). The number of Topliss-reactive ketones (excluding diaryl/α,β-unsaturated/α-hetero) is 1. The molecule has 246 valence electrons. The van der Waals surface area contributed by atoms with Gasteiger partial charge in [-0.3, -0.25) is 29.2 Å². The van der Waals surface area contributed by atoms with Gasteiger partial charge in [-0.25, -0.2) is 4.98 Å². The fourth-order valence-corrected chi connectivity index (χ4v) is 6.31. The molecule has 0 bridgehead atoms. The highest BCUT2D eigenvalue weighted by Gasteiger charge is 2.19. The first-order valence-electron chi connectivity index (χ1n) is 15.2. The maximum absolute atomic E-state index is 13.2. The van der Waals surface area contributed by atoms with Crippen molar-refractivity contribution in [1.82, 2.24) is 19.3 Å². The summed E-state index contributed by atoms with van der Waals surface area (Å²) in [4.78, 5) is 53.4. The number of ether oxygens (including phenoxy) is 2. The molecule has 0 saturated heterocycles. The van der Waals surface area contributed by atoms with E-state index in [1.807, 2.05) is 30.5 Å². The third-order valence-electron chi connectivity index (χ3n) is 7.62. The third kappa shape index (κ3) is 7.60.